The Labute approximate surface area is 122 Å². The Bertz CT molecular complexity index is 442. The van der Waals surface area contributed by atoms with Crippen LogP contribution in [0.25, 0.3) is 0 Å². The summed E-state index contributed by atoms with van der Waals surface area (Å²) in [6.45, 7) is 8.77. The molecule has 1 heterocycles. The van der Waals surface area contributed by atoms with E-state index >= 15 is 0 Å². The quantitative estimate of drug-likeness (QED) is 0.913. The molecule has 1 aromatic rings. The van der Waals surface area contributed by atoms with E-state index in [0.29, 0.717) is 5.41 Å². The first kappa shape index (κ1) is 15.5. The zero-order chi connectivity index (χ0) is 14.8. The molecule has 2 rings (SSSR count). The van der Waals surface area contributed by atoms with E-state index in [1.165, 1.54) is 25.3 Å². The average molecular weight is 278 g/mol. The van der Waals surface area contributed by atoms with Gasteiger partial charge in [-0.25, -0.2) is 4.39 Å². The molecule has 2 nitrogen and oxygen atoms in total. The zero-order valence-corrected chi connectivity index (χ0v) is 12.9. The minimum atomic E-state index is -0.177. The van der Waals surface area contributed by atoms with Crippen molar-refractivity contribution < 1.29 is 4.39 Å². The standard InChI is InChI=1S/C17H27FN2/c1-13(19)16(14-6-4-7-15(18)12-14)20-10-5-8-17(2,3)9-11-20/h4,6-7,12-13,16H,5,8-11,19H2,1-3H3. The number of hydrogen-bond acceptors (Lipinski definition) is 2. The van der Waals surface area contributed by atoms with E-state index in [4.69, 9.17) is 5.73 Å². The Hall–Kier alpha value is -0.930. The molecule has 1 aliphatic rings. The van der Waals surface area contributed by atoms with E-state index in [0.717, 1.165) is 18.7 Å². The fourth-order valence-corrected chi connectivity index (χ4v) is 3.26. The Morgan fingerprint density at radius 1 is 1.25 bits per heavy atom. The van der Waals surface area contributed by atoms with Gasteiger partial charge in [-0.2, -0.15) is 0 Å². The van der Waals surface area contributed by atoms with Crippen molar-refractivity contribution in [1.82, 2.24) is 4.90 Å². The van der Waals surface area contributed by atoms with E-state index in [1.807, 2.05) is 13.0 Å². The van der Waals surface area contributed by atoms with Gasteiger partial charge < -0.3 is 5.73 Å². The van der Waals surface area contributed by atoms with Crippen molar-refractivity contribution in [3.05, 3.63) is 35.6 Å². The fraction of sp³-hybridized carbons (Fsp3) is 0.647. The van der Waals surface area contributed by atoms with Crippen LogP contribution < -0.4 is 5.73 Å². The summed E-state index contributed by atoms with van der Waals surface area (Å²) in [5, 5.41) is 0. The molecule has 2 atom stereocenters. The van der Waals surface area contributed by atoms with Crippen LogP contribution in [0.5, 0.6) is 0 Å². The largest absolute Gasteiger partial charge is 0.326 e. The highest BCUT2D eigenvalue weighted by atomic mass is 19.1. The lowest BCUT2D eigenvalue weighted by Gasteiger charge is -2.34. The van der Waals surface area contributed by atoms with E-state index in [-0.39, 0.29) is 17.9 Å². The topological polar surface area (TPSA) is 29.3 Å². The Balaban J connectivity index is 2.21. The second-order valence-electron chi connectivity index (χ2n) is 6.91. The van der Waals surface area contributed by atoms with Gasteiger partial charge in [0.15, 0.2) is 0 Å². The molecule has 0 aliphatic carbocycles. The highest BCUT2D eigenvalue weighted by Gasteiger charge is 2.29. The average Bonchev–Trinajstić information content (AvgIpc) is 2.51. The van der Waals surface area contributed by atoms with Gasteiger partial charge in [0.05, 0.1) is 0 Å². The first-order chi connectivity index (χ1) is 9.39. The van der Waals surface area contributed by atoms with Crippen LogP contribution in [-0.2, 0) is 0 Å². The predicted octanol–water partition coefficient (Wildman–Crippen LogP) is 3.73. The summed E-state index contributed by atoms with van der Waals surface area (Å²) in [6, 6.07) is 7.00. The number of nitrogens with two attached hydrogens (primary N) is 1. The molecule has 2 unspecified atom stereocenters. The summed E-state index contributed by atoms with van der Waals surface area (Å²) in [6.07, 6.45) is 3.61. The molecular weight excluding hydrogens is 251 g/mol. The van der Waals surface area contributed by atoms with Gasteiger partial charge in [0.2, 0.25) is 0 Å². The van der Waals surface area contributed by atoms with Gasteiger partial charge in [0, 0.05) is 12.1 Å². The fourth-order valence-electron chi connectivity index (χ4n) is 3.26. The molecule has 0 spiro atoms. The number of rotatable bonds is 3. The molecule has 0 amide bonds. The summed E-state index contributed by atoms with van der Waals surface area (Å²) in [5.74, 6) is -0.177. The molecule has 0 aromatic heterocycles. The van der Waals surface area contributed by atoms with Gasteiger partial charge in [-0.15, -0.1) is 0 Å². The van der Waals surface area contributed by atoms with Crippen LogP contribution in [0.1, 0.15) is 51.6 Å². The van der Waals surface area contributed by atoms with E-state index in [1.54, 1.807) is 12.1 Å². The molecule has 2 N–H and O–H groups in total. The maximum absolute atomic E-state index is 13.5. The van der Waals surface area contributed by atoms with Crippen molar-refractivity contribution in [1.29, 1.82) is 0 Å². The summed E-state index contributed by atoms with van der Waals surface area (Å²) in [7, 11) is 0. The number of likely N-dealkylation sites (tertiary alicyclic amines) is 1. The van der Waals surface area contributed by atoms with Crippen molar-refractivity contribution in [2.45, 2.75) is 52.1 Å². The molecule has 1 saturated heterocycles. The van der Waals surface area contributed by atoms with Crippen LogP contribution in [0, 0.1) is 11.2 Å². The van der Waals surface area contributed by atoms with Crippen LogP contribution in [0.4, 0.5) is 4.39 Å². The molecular formula is C17H27FN2. The molecule has 112 valence electrons. The normalized spacial score (nSPS) is 23.1. The summed E-state index contributed by atoms with van der Waals surface area (Å²) >= 11 is 0. The smallest absolute Gasteiger partial charge is 0.123 e. The third-order valence-corrected chi connectivity index (χ3v) is 4.46. The van der Waals surface area contributed by atoms with E-state index in [9.17, 15) is 4.39 Å². The van der Waals surface area contributed by atoms with Gasteiger partial charge in [-0.05, 0) is 62.4 Å². The molecule has 3 heteroatoms. The van der Waals surface area contributed by atoms with Crippen molar-refractivity contribution >= 4 is 0 Å². The van der Waals surface area contributed by atoms with Crippen LogP contribution in [0.2, 0.25) is 0 Å². The van der Waals surface area contributed by atoms with Crippen molar-refractivity contribution in [2.24, 2.45) is 11.1 Å². The molecule has 1 fully saturated rings. The first-order valence-corrected chi connectivity index (χ1v) is 7.64. The summed E-state index contributed by atoms with van der Waals surface area (Å²) in [4.78, 5) is 2.44. The maximum Gasteiger partial charge on any atom is 0.123 e. The second kappa shape index (κ2) is 6.23. The third-order valence-electron chi connectivity index (χ3n) is 4.46. The monoisotopic (exact) mass is 278 g/mol. The molecule has 0 radical (unpaired) electrons. The van der Waals surface area contributed by atoms with Crippen molar-refractivity contribution in [3.63, 3.8) is 0 Å². The SMILES string of the molecule is CC(N)C(c1cccc(F)c1)N1CCCC(C)(C)CC1. The minimum absolute atomic E-state index is 0.00184. The Morgan fingerprint density at radius 3 is 2.65 bits per heavy atom. The molecule has 0 bridgehead atoms. The third kappa shape index (κ3) is 3.80. The minimum Gasteiger partial charge on any atom is -0.326 e. The second-order valence-corrected chi connectivity index (χ2v) is 6.91. The van der Waals surface area contributed by atoms with Gasteiger partial charge in [0.25, 0.3) is 0 Å². The maximum atomic E-state index is 13.5. The van der Waals surface area contributed by atoms with Crippen LogP contribution >= 0.6 is 0 Å². The molecule has 1 aromatic carbocycles. The van der Waals surface area contributed by atoms with E-state index in [2.05, 4.69) is 18.7 Å². The number of nitrogens with zero attached hydrogens (tertiary/aromatic N) is 1. The van der Waals surface area contributed by atoms with Gasteiger partial charge in [0.1, 0.15) is 5.82 Å². The lowest BCUT2D eigenvalue weighted by atomic mass is 9.85. The lowest BCUT2D eigenvalue weighted by Crippen LogP contribution is -2.40. The van der Waals surface area contributed by atoms with Gasteiger partial charge in [-0.3, -0.25) is 4.90 Å². The summed E-state index contributed by atoms with van der Waals surface area (Å²) < 4.78 is 13.5. The zero-order valence-electron chi connectivity index (χ0n) is 12.9. The number of halogens is 1. The number of benzene rings is 1. The molecule has 20 heavy (non-hydrogen) atoms. The molecule has 0 saturated carbocycles. The highest BCUT2D eigenvalue weighted by Crippen LogP contribution is 2.34. The van der Waals surface area contributed by atoms with Crippen molar-refractivity contribution in [2.75, 3.05) is 13.1 Å². The van der Waals surface area contributed by atoms with Crippen LogP contribution in [0.3, 0.4) is 0 Å². The lowest BCUT2D eigenvalue weighted by molar-refractivity contribution is 0.175. The summed E-state index contributed by atoms with van der Waals surface area (Å²) in [5.41, 5.74) is 7.61. The Kier molecular flexibility index (Phi) is 4.82. The van der Waals surface area contributed by atoms with E-state index < -0.39 is 0 Å². The molecule has 1 aliphatic heterocycles. The van der Waals surface area contributed by atoms with Gasteiger partial charge >= 0.3 is 0 Å². The van der Waals surface area contributed by atoms with Gasteiger partial charge in [-0.1, -0.05) is 26.0 Å². The number of hydrogen-bond donors (Lipinski definition) is 1. The first-order valence-electron chi connectivity index (χ1n) is 7.64. The highest BCUT2D eigenvalue weighted by molar-refractivity contribution is 5.22. The van der Waals surface area contributed by atoms with Crippen LogP contribution in [-0.4, -0.2) is 24.0 Å². The predicted molar refractivity (Wildman–Crippen MR) is 82.0 cm³/mol. The van der Waals surface area contributed by atoms with Crippen molar-refractivity contribution in [3.8, 4) is 0 Å². The van der Waals surface area contributed by atoms with Crippen LogP contribution in [0.15, 0.2) is 24.3 Å². The Morgan fingerprint density at radius 2 is 2.00 bits per heavy atom.